The Bertz CT molecular complexity index is 2720. The summed E-state index contributed by atoms with van der Waals surface area (Å²) in [5.41, 5.74) is 9.00. The van der Waals surface area contributed by atoms with Crippen molar-refractivity contribution in [2.45, 2.75) is 151 Å². The molecular weight excluding hydrogens is 1060 g/mol. The molecule has 0 fully saturated rings. The topological polar surface area (TPSA) is 274 Å². The molecule has 0 bridgehead atoms. The third-order valence-electron chi connectivity index (χ3n) is 9.26. The normalized spacial score (nSPS) is 8.23. The van der Waals surface area contributed by atoms with Crippen LogP contribution in [-0.2, 0) is 0 Å². The Morgan fingerprint density at radius 1 is 0.296 bits per heavy atom. The Labute approximate surface area is 491 Å². The number of hydrogen-bond donors (Lipinski definition) is 5. The minimum absolute atomic E-state index is 0. The van der Waals surface area contributed by atoms with Gasteiger partial charge in [-0.25, -0.2) is 0 Å². The minimum Gasteiger partial charge on any atom is -0.508 e. The summed E-state index contributed by atoms with van der Waals surface area (Å²) in [6, 6.07) is 36.6. The summed E-state index contributed by atoms with van der Waals surface area (Å²) >= 11 is 5.55. The van der Waals surface area contributed by atoms with Gasteiger partial charge < -0.3 is 25.5 Å². The van der Waals surface area contributed by atoms with Gasteiger partial charge in [0.1, 0.15) is 22.3 Å². The van der Waals surface area contributed by atoms with Crippen molar-refractivity contribution in [3.05, 3.63) is 235 Å². The standard InChI is InChI=1S/3C8H10O.C7H6ClNO2.2C7H7NO3.C7H7NO2.11CH4/c3*1-6-3-4-7(2)8(9)5-6;1-5-2-3-6(8)7(4-5)9(10)11;1-5-2-3-7(9)6(4-5)8(10)11;1-5-2-3-6(8(10)11)7(9)4-5;1-6-3-2-4-7(5-6)8(9)10;;;;;;;;;;;/h3*3-5,9H,1-2H3;2-4H,1H3;2*2-4,9H,1H3;2-5H,1H3;11*1H4. The second-order valence-electron chi connectivity index (χ2n) is 15.7. The number of nitrogens with zero attached hydrogens (tertiary/aromatic N) is 4. The lowest BCUT2D eigenvalue weighted by Gasteiger charge is -1.97. The summed E-state index contributed by atoms with van der Waals surface area (Å²) in [4.78, 5) is 38.7. The van der Waals surface area contributed by atoms with Gasteiger partial charge in [0.05, 0.1) is 19.7 Å². The lowest BCUT2D eigenvalue weighted by molar-refractivity contribution is -0.386. The number of non-ortho nitro benzene ring substituents is 1. The summed E-state index contributed by atoms with van der Waals surface area (Å²) in [6.07, 6.45) is 0. The van der Waals surface area contributed by atoms with Crippen molar-refractivity contribution in [1.29, 1.82) is 0 Å². The largest absolute Gasteiger partial charge is 0.508 e. The lowest BCUT2D eigenvalue weighted by Crippen LogP contribution is -1.89. The van der Waals surface area contributed by atoms with E-state index in [1.54, 1.807) is 69.3 Å². The number of hydrogen-bond acceptors (Lipinski definition) is 13. The fourth-order valence-electron chi connectivity index (χ4n) is 5.23. The van der Waals surface area contributed by atoms with Crippen LogP contribution < -0.4 is 0 Å². The molecule has 0 aliphatic carbocycles. The highest BCUT2D eigenvalue weighted by atomic mass is 35.5. The van der Waals surface area contributed by atoms with E-state index in [0.717, 1.165) is 55.6 Å². The van der Waals surface area contributed by atoms with Crippen LogP contribution >= 0.6 is 11.6 Å². The number of phenols is 5. The van der Waals surface area contributed by atoms with Gasteiger partial charge in [0.2, 0.25) is 0 Å². The van der Waals surface area contributed by atoms with Gasteiger partial charge in [-0.1, -0.05) is 160 Å². The van der Waals surface area contributed by atoms with Crippen LogP contribution in [0.15, 0.2) is 133 Å². The number of halogens is 1. The third-order valence-corrected chi connectivity index (χ3v) is 9.58. The predicted molar refractivity (Wildman–Crippen MR) is 346 cm³/mol. The van der Waals surface area contributed by atoms with E-state index in [1.807, 2.05) is 90.9 Å². The first-order valence-corrected chi connectivity index (χ1v) is 21.3. The molecule has 0 unspecified atom stereocenters. The van der Waals surface area contributed by atoms with E-state index in [1.165, 1.54) is 42.5 Å². The molecule has 0 amide bonds. The fourth-order valence-corrected chi connectivity index (χ4v) is 5.42. The molecule has 17 nitrogen and oxygen atoms in total. The van der Waals surface area contributed by atoms with E-state index in [2.05, 4.69) is 0 Å². The zero-order chi connectivity index (χ0) is 53.4. The van der Waals surface area contributed by atoms with Gasteiger partial charge in [0, 0.05) is 30.3 Å². The van der Waals surface area contributed by atoms with Gasteiger partial charge in [-0.15, -0.1) is 0 Å². The van der Waals surface area contributed by atoms with Gasteiger partial charge in [0.15, 0.2) is 11.5 Å². The number of nitro groups is 4. The van der Waals surface area contributed by atoms with Crippen LogP contribution in [-0.4, -0.2) is 45.2 Å². The summed E-state index contributed by atoms with van der Waals surface area (Å²) in [5.74, 6) is 0.579. The molecule has 81 heavy (non-hydrogen) atoms. The maximum Gasteiger partial charge on any atom is 0.310 e. The first-order valence-electron chi connectivity index (χ1n) is 20.9. The highest BCUT2D eigenvalue weighted by Gasteiger charge is 2.13. The molecule has 7 aromatic rings. The molecule has 0 saturated heterocycles. The molecular formula is C63H101ClN4O13. The van der Waals surface area contributed by atoms with Crippen molar-refractivity contribution in [2.24, 2.45) is 0 Å². The number of aryl methyl sites for hydroxylation is 10. The number of phenolic OH excluding ortho intramolecular Hbond substituents is 5. The van der Waals surface area contributed by atoms with Crippen molar-refractivity contribution >= 4 is 34.4 Å². The maximum atomic E-state index is 10.3. The maximum absolute atomic E-state index is 10.3. The van der Waals surface area contributed by atoms with Crippen LogP contribution in [0, 0.1) is 110 Å². The number of benzene rings is 7. The van der Waals surface area contributed by atoms with Crippen LogP contribution in [0.5, 0.6) is 28.7 Å². The van der Waals surface area contributed by atoms with Crippen molar-refractivity contribution in [1.82, 2.24) is 0 Å². The Hall–Kier alpha value is -8.57. The first-order chi connectivity index (χ1) is 32.6. The monoisotopic (exact) mass is 1160 g/mol. The van der Waals surface area contributed by atoms with Crippen molar-refractivity contribution in [2.75, 3.05) is 0 Å². The molecule has 0 atom stereocenters. The molecule has 0 spiro atoms. The molecule has 0 aliphatic heterocycles. The Morgan fingerprint density at radius 2 is 0.580 bits per heavy atom. The van der Waals surface area contributed by atoms with E-state index in [0.29, 0.717) is 17.2 Å². The third kappa shape index (κ3) is 37.8. The highest BCUT2D eigenvalue weighted by molar-refractivity contribution is 6.32. The summed E-state index contributed by atoms with van der Waals surface area (Å²) in [7, 11) is 0. The Balaban J connectivity index is -0.0000000768. The SMILES string of the molecule is C.C.C.C.C.C.C.C.C.C.C.Cc1ccc(C)c(O)c1.Cc1ccc(C)c(O)c1.Cc1ccc(C)c(O)c1.Cc1ccc(Cl)c([N+](=O)[O-])c1.Cc1ccc(O)c([N+](=O)[O-])c1.Cc1ccc([N+](=O)[O-])c(O)c1.Cc1cccc([N+](=O)[O-])c1. The van der Waals surface area contributed by atoms with Crippen molar-refractivity contribution in [3.63, 3.8) is 0 Å². The average molecular weight is 1160 g/mol. The van der Waals surface area contributed by atoms with Gasteiger partial charge in [0.25, 0.3) is 11.4 Å². The highest BCUT2D eigenvalue weighted by Crippen LogP contribution is 2.27. The van der Waals surface area contributed by atoms with Crippen LogP contribution in [0.2, 0.25) is 5.02 Å². The Kier molecular flexibility index (Phi) is 58.7. The zero-order valence-electron chi connectivity index (χ0n) is 40.4. The predicted octanol–water partition coefficient (Wildman–Crippen LogP) is 20.7. The lowest BCUT2D eigenvalue weighted by atomic mass is 10.1. The van der Waals surface area contributed by atoms with E-state index in [4.69, 9.17) is 37.1 Å². The van der Waals surface area contributed by atoms with Crippen LogP contribution in [0.3, 0.4) is 0 Å². The number of aromatic hydroxyl groups is 5. The van der Waals surface area contributed by atoms with E-state index in [-0.39, 0.29) is 121 Å². The smallest absolute Gasteiger partial charge is 0.310 e. The van der Waals surface area contributed by atoms with E-state index < -0.39 is 19.7 Å². The molecule has 0 aromatic heterocycles. The fraction of sp³-hybridized carbons (Fsp3) is 0.333. The van der Waals surface area contributed by atoms with E-state index >= 15 is 0 Å². The summed E-state index contributed by atoms with van der Waals surface area (Å²) < 4.78 is 0. The molecule has 0 saturated carbocycles. The van der Waals surface area contributed by atoms with Gasteiger partial charge in [-0.2, -0.15) is 0 Å². The second kappa shape index (κ2) is 48.5. The number of nitro benzene ring substituents is 4. The molecule has 5 N–H and O–H groups in total. The summed E-state index contributed by atoms with van der Waals surface area (Å²) in [6.45, 7) is 18.6. The molecule has 0 radical (unpaired) electrons. The van der Waals surface area contributed by atoms with E-state index in [9.17, 15) is 40.5 Å². The zero-order valence-corrected chi connectivity index (χ0v) is 41.1. The molecule has 7 rings (SSSR count). The van der Waals surface area contributed by atoms with Crippen molar-refractivity contribution in [3.8, 4) is 28.7 Å². The second-order valence-corrected chi connectivity index (χ2v) is 16.1. The molecule has 7 aromatic carbocycles. The quantitative estimate of drug-likeness (QED) is 0.0811. The summed E-state index contributed by atoms with van der Waals surface area (Å²) in [5, 5.41) is 86.3. The minimum atomic E-state index is -0.616. The van der Waals surface area contributed by atoms with Crippen LogP contribution in [0.1, 0.15) is 137 Å². The van der Waals surface area contributed by atoms with Crippen molar-refractivity contribution < 1.29 is 45.2 Å². The molecule has 0 aliphatic rings. The first kappa shape index (κ1) is 97.9. The molecule has 458 valence electrons. The van der Waals surface area contributed by atoms with Gasteiger partial charge >= 0.3 is 11.4 Å². The molecule has 18 heteroatoms. The van der Waals surface area contributed by atoms with Crippen LogP contribution in [0.4, 0.5) is 22.7 Å². The van der Waals surface area contributed by atoms with Gasteiger partial charge in [-0.05, 0) is 161 Å². The molecule has 0 heterocycles. The van der Waals surface area contributed by atoms with Crippen LogP contribution in [0.25, 0.3) is 0 Å². The average Bonchev–Trinajstić information content (AvgIpc) is 3.28. The number of rotatable bonds is 4. The van der Waals surface area contributed by atoms with Gasteiger partial charge in [-0.3, -0.25) is 40.5 Å². The Morgan fingerprint density at radius 3 is 0.840 bits per heavy atom.